The van der Waals surface area contributed by atoms with Crippen molar-refractivity contribution < 1.29 is 4.74 Å². The summed E-state index contributed by atoms with van der Waals surface area (Å²) in [4.78, 5) is 9.49. The Morgan fingerprint density at radius 2 is 2.30 bits per heavy atom. The SMILES string of the molecule is CCCNC(Cc1cc(OC)ncn1)c1sccc1Cl. The number of nitrogens with one attached hydrogen (secondary N) is 1. The lowest BCUT2D eigenvalue weighted by Gasteiger charge is -2.17. The van der Waals surface area contributed by atoms with Gasteiger partial charge in [-0.3, -0.25) is 0 Å². The molecule has 0 radical (unpaired) electrons. The van der Waals surface area contributed by atoms with E-state index in [-0.39, 0.29) is 6.04 Å². The summed E-state index contributed by atoms with van der Waals surface area (Å²) in [5, 5.41) is 6.35. The van der Waals surface area contributed by atoms with Gasteiger partial charge in [-0.2, -0.15) is 0 Å². The Bertz CT molecular complexity index is 547. The van der Waals surface area contributed by atoms with Gasteiger partial charge >= 0.3 is 0 Å². The number of thiophene rings is 1. The summed E-state index contributed by atoms with van der Waals surface area (Å²) < 4.78 is 5.14. The quantitative estimate of drug-likeness (QED) is 0.850. The molecule has 1 N–H and O–H groups in total. The molecular weight excluding hydrogens is 294 g/mol. The average Bonchev–Trinajstić information content (AvgIpc) is 2.90. The molecule has 0 aliphatic rings. The van der Waals surface area contributed by atoms with Crippen molar-refractivity contribution in [2.45, 2.75) is 25.8 Å². The molecule has 0 amide bonds. The normalized spacial score (nSPS) is 12.3. The first-order chi connectivity index (χ1) is 9.74. The van der Waals surface area contributed by atoms with E-state index >= 15 is 0 Å². The molecule has 0 fully saturated rings. The summed E-state index contributed by atoms with van der Waals surface area (Å²) in [6.07, 6.45) is 3.37. The molecule has 2 rings (SSSR count). The van der Waals surface area contributed by atoms with Crippen LogP contribution in [0.5, 0.6) is 5.88 Å². The lowest BCUT2D eigenvalue weighted by molar-refractivity contribution is 0.395. The second kappa shape index (κ2) is 7.57. The van der Waals surface area contributed by atoms with Crippen molar-refractivity contribution in [1.29, 1.82) is 0 Å². The Morgan fingerprint density at radius 3 is 2.95 bits per heavy atom. The zero-order valence-electron chi connectivity index (χ0n) is 11.6. The minimum atomic E-state index is 0.169. The molecule has 0 bridgehead atoms. The van der Waals surface area contributed by atoms with Crippen LogP contribution in [0.25, 0.3) is 0 Å². The van der Waals surface area contributed by atoms with Crippen molar-refractivity contribution >= 4 is 22.9 Å². The first kappa shape index (κ1) is 15.2. The molecule has 0 spiro atoms. The van der Waals surface area contributed by atoms with Gasteiger partial charge in [-0.25, -0.2) is 9.97 Å². The highest BCUT2D eigenvalue weighted by atomic mass is 35.5. The third kappa shape index (κ3) is 3.91. The Hall–Kier alpha value is -1.17. The molecular formula is C14H18ClN3OS. The highest BCUT2D eigenvalue weighted by Crippen LogP contribution is 2.30. The first-order valence-electron chi connectivity index (χ1n) is 6.55. The minimum Gasteiger partial charge on any atom is -0.481 e. The third-order valence-corrected chi connectivity index (χ3v) is 4.40. The standard InChI is InChI=1S/C14H18ClN3OS/c1-3-5-16-12(14-11(15)4-6-20-14)7-10-8-13(19-2)18-9-17-10/h4,6,8-9,12,16H,3,5,7H2,1-2H3. The van der Waals surface area contributed by atoms with Crippen LogP contribution < -0.4 is 10.1 Å². The van der Waals surface area contributed by atoms with Crippen LogP contribution in [0, 0.1) is 0 Å². The molecule has 0 aromatic carbocycles. The monoisotopic (exact) mass is 311 g/mol. The molecule has 1 atom stereocenters. The smallest absolute Gasteiger partial charge is 0.216 e. The van der Waals surface area contributed by atoms with Crippen LogP contribution in [0.2, 0.25) is 5.02 Å². The van der Waals surface area contributed by atoms with Crippen molar-refractivity contribution in [3.63, 3.8) is 0 Å². The molecule has 0 saturated heterocycles. The van der Waals surface area contributed by atoms with Gasteiger partial charge in [0.25, 0.3) is 0 Å². The second-order valence-corrected chi connectivity index (χ2v) is 5.75. The Labute approximate surface area is 128 Å². The van der Waals surface area contributed by atoms with Gasteiger partial charge in [0, 0.05) is 29.1 Å². The maximum Gasteiger partial charge on any atom is 0.216 e. The average molecular weight is 312 g/mol. The number of halogens is 1. The van der Waals surface area contributed by atoms with Gasteiger partial charge in [0.2, 0.25) is 5.88 Å². The van der Waals surface area contributed by atoms with Gasteiger partial charge < -0.3 is 10.1 Å². The lowest BCUT2D eigenvalue weighted by atomic mass is 10.1. The van der Waals surface area contributed by atoms with Crippen LogP contribution in [0.1, 0.15) is 30.0 Å². The zero-order chi connectivity index (χ0) is 14.4. The maximum atomic E-state index is 6.25. The lowest BCUT2D eigenvalue weighted by Crippen LogP contribution is -2.24. The Kier molecular flexibility index (Phi) is 5.76. The van der Waals surface area contributed by atoms with E-state index in [2.05, 4.69) is 22.2 Å². The van der Waals surface area contributed by atoms with Gasteiger partial charge in [0.15, 0.2) is 0 Å². The molecule has 4 nitrogen and oxygen atoms in total. The summed E-state index contributed by atoms with van der Waals surface area (Å²) >= 11 is 7.92. The summed E-state index contributed by atoms with van der Waals surface area (Å²) in [7, 11) is 1.61. The fourth-order valence-electron chi connectivity index (χ4n) is 1.94. The van der Waals surface area contributed by atoms with Crippen LogP contribution in [-0.2, 0) is 6.42 Å². The van der Waals surface area contributed by atoms with Gasteiger partial charge in [-0.15, -0.1) is 11.3 Å². The van der Waals surface area contributed by atoms with E-state index in [0.29, 0.717) is 5.88 Å². The van der Waals surface area contributed by atoms with Gasteiger partial charge in [-0.1, -0.05) is 18.5 Å². The van der Waals surface area contributed by atoms with Gasteiger partial charge in [-0.05, 0) is 24.4 Å². The van der Waals surface area contributed by atoms with Gasteiger partial charge in [0.05, 0.1) is 12.1 Å². The van der Waals surface area contributed by atoms with Crippen LogP contribution in [0.15, 0.2) is 23.8 Å². The van der Waals surface area contributed by atoms with Crippen LogP contribution in [0.4, 0.5) is 0 Å². The molecule has 2 heterocycles. The molecule has 20 heavy (non-hydrogen) atoms. The van der Waals surface area contributed by atoms with Crippen LogP contribution in [-0.4, -0.2) is 23.6 Å². The molecule has 6 heteroatoms. The summed E-state index contributed by atoms with van der Waals surface area (Å²) in [6.45, 7) is 3.09. The second-order valence-electron chi connectivity index (χ2n) is 4.40. The van der Waals surface area contributed by atoms with Gasteiger partial charge in [0.1, 0.15) is 6.33 Å². The number of aromatic nitrogens is 2. The predicted octanol–water partition coefficient (Wildman–Crippen LogP) is 3.48. The molecule has 2 aromatic rings. The summed E-state index contributed by atoms with van der Waals surface area (Å²) in [5.41, 5.74) is 0.940. The van der Waals surface area contributed by atoms with Crippen molar-refractivity contribution in [1.82, 2.24) is 15.3 Å². The van der Waals surface area contributed by atoms with Crippen molar-refractivity contribution in [3.8, 4) is 5.88 Å². The van der Waals surface area contributed by atoms with Crippen LogP contribution >= 0.6 is 22.9 Å². The first-order valence-corrected chi connectivity index (χ1v) is 7.81. The fourth-order valence-corrected chi connectivity index (χ4v) is 3.20. The number of hydrogen-bond acceptors (Lipinski definition) is 5. The Balaban J connectivity index is 2.17. The van der Waals surface area contributed by atoms with E-state index in [4.69, 9.17) is 16.3 Å². The molecule has 0 aliphatic heterocycles. The minimum absolute atomic E-state index is 0.169. The Morgan fingerprint density at radius 1 is 1.45 bits per heavy atom. The molecule has 0 aliphatic carbocycles. The third-order valence-electron chi connectivity index (χ3n) is 2.92. The van der Waals surface area contributed by atoms with E-state index in [9.17, 15) is 0 Å². The van der Waals surface area contributed by atoms with Crippen molar-refractivity contribution in [3.05, 3.63) is 39.4 Å². The predicted molar refractivity (Wildman–Crippen MR) is 82.7 cm³/mol. The highest BCUT2D eigenvalue weighted by Gasteiger charge is 2.17. The van der Waals surface area contributed by atoms with Crippen molar-refractivity contribution in [2.75, 3.05) is 13.7 Å². The number of hydrogen-bond donors (Lipinski definition) is 1. The fraction of sp³-hybridized carbons (Fsp3) is 0.429. The highest BCUT2D eigenvalue weighted by molar-refractivity contribution is 7.10. The largest absolute Gasteiger partial charge is 0.481 e. The topological polar surface area (TPSA) is 47.0 Å². The van der Waals surface area contributed by atoms with E-state index < -0.39 is 0 Å². The van der Waals surface area contributed by atoms with Crippen molar-refractivity contribution in [2.24, 2.45) is 0 Å². The number of rotatable bonds is 7. The van der Waals surface area contributed by atoms with E-state index in [0.717, 1.165) is 35.0 Å². The maximum absolute atomic E-state index is 6.25. The molecule has 108 valence electrons. The number of nitrogens with zero attached hydrogens (tertiary/aromatic N) is 2. The molecule has 1 unspecified atom stereocenters. The molecule has 0 saturated carbocycles. The summed E-state index contributed by atoms with van der Waals surface area (Å²) in [6, 6.07) is 3.97. The number of ether oxygens (including phenoxy) is 1. The van der Waals surface area contributed by atoms with E-state index in [1.54, 1.807) is 18.4 Å². The molecule has 2 aromatic heterocycles. The zero-order valence-corrected chi connectivity index (χ0v) is 13.2. The van der Waals surface area contributed by atoms with E-state index in [1.165, 1.54) is 6.33 Å². The summed E-state index contributed by atoms with van der Waals surface area (Å²) in [5.74, 6) is 0.585. The van der Waals surface area contributed by atoms with E-state index in [1.807, 2.05) is 17.5 Å². The van der Waals surface area contributed by atoms with Crippen LogP contribution in [0.3, 0.4) is 0 Å². The number of methoxy groups -OCH3 is 1.